The van der Waals surface area contributed by atoms with Crippen LogP contribution in [0.4, 0.5) is 0 Å². The molecule has 5 fully saturated rings. The molecule has 0 radical (unpaired) electrons. The number of thiazole rings is 1. The lowest BCUT2D eigenvalue weighted by Crippen LogP contribution is -2.70. The van der Waals surface area contributed by atoms with Crippen molar-refractivity contribution in [2.75, 3.05) is 33.7 Å². The first-order valence-corrected chi connectivity index (χ1v) is 23.4. The first-order valence-electron chi connectivity index (χ1n) is 22.6. The van der Waals surface area contributed by atoms with Gasteiger partial charge in [0.2, 0.25) is 0 Å². The van der Waals surface area contributed by atoms with Crippen LogP contribution >= 0.6 is 11.3 Å². The second-order valence-corrected chi connectivity index (χ2v) is 23.7. The summed E-state index contributed by atoms with van der Waals surface area (Å²) in [6.07, 6.45) is 9.62. The van der Waals surface area contributed by atoms with Crippen LogP contribution in [0.3, 0.4) is 0 Å². The number of carboxylic acid groups (broad SMARTS) is 1. The Kier molecular flexibility index (Phi) is 11.2. The second-order valence-electron chi connectivity index (χ2n) is 22.7. The molecule has 10 heteroatoms. The van der Waals surface area contributed by atoms with E-state index in [0.717, 1.165) is 75.0 Å². The van der Waals surface area contributed by atoms with Crippen molar-refractivity contribution < 1.29 is 29.3 Å². The summed E-state index contributed by atoms with van der Waals surface area (Å²) < 4.78 is 6.51. The van der Waals surface area contributed by atoms with Crippen LogP contribution in [0.2, 0.25) is 0 Å². The fourth-order valence-corrected chi connectivity index (χ4v) is 15.6. The monoisotopic (exact) mass is 822 g/mol. The molecule has 0 aliphatic heterocycles. The number of aromatic nitrogens is 1. The van der Waals surface area contributed by atoms with E-state index < -0.39 is 28.8 Å². The molecular weight excluding hydrogens is 747 g/mol. The maximum Gasteiger partial charge on any atom is 0.309 e. The number of carbonyl (C=O) groups is 3. The van der Waals surface area contributed by atoms with E-state index in [0.29, 0.717) is 31.8 Å². The number of aliphatic carboxylic acids is 1. The summed E-state index contributed by atoms with van der Waals surface area (Å²) in [5.74, 6) is -0.887. The van der Waals surface area contributed by atoms with Gasteiger partial charge in [0.15, 0.2) is 5.78 Å². The summed E-state index contributed by atoms with van der Waals surface area (Å²) in [6, 6.07) is 0. The summed E-state index contributed by atoms with van der Waals surface area (Å²) >= 11 is 1.66. The zero-order valence-corrected chi connectivity index (χ0v) is 38.7. The van der Waals surface area contributed by atoms with Gasteiger partial charge in [-0.1, -0.05) is 74.8 Å². The summed E-state index contributed by atoms with van der Waals surface area (Å²) in [7, 11) is 4.18. The number of nitrogens with zero attached hydrogens (tertiary/aromatic N) is 3. The van der Waals surface area contributed by atoms with Crippen molar-refractivity contribution in [2.45, 2.75) is 152 Å². The number of allylic oxidation sites excluding steroid dienone is 1. The third-order valence-corrected chi connectivity index (χ3v) is 20.2. The van der Waals surface area contributed by atoms with Crippen molar-refractivity contribution in [3.8, 4) is 0 Å². The molecule has 11 atom stereocenters. The summed E-state index contributed by atoms with van der Waals surface area (Å²) in [5, 5.41) is 25.5. The molecule has 0 amide bonds. The molecule has 9 nitrogen and oxygen atoms in total. The van der Waals surface area contributed by atoms with Gasteiger partial charge in [0.1, 0.15) is 11.1 Å². The average Bonchev–Trinajstić information content (AvgIpc) is 3.75. The minimum absolute atomic E-state index is 0.0160. The molecular formula is C48H75N3O6S. The summed E-state index contributed by atoms with van der Waals surface area (Å²) in [5.41, 5.74) is 0.833. The number of hydrogen-bond donors (Lipinski definition) is 2. The van der Waals surface area contributed by atoms with E-state index >= 15 is 0 Å². The largest absolute Gasteiger partial charge is 0.481 e. The highest BCUT2D eigenvalue weighted by Crippen LogP contribution is 2.80. The van der Waals surface area contributed by atoms with Crippen molar-refractivity contribution in [3.63, 3.8) is 0 Å². The van der Waals surface area contributed by atoms with Gasteiger partial charge in [-0.05, 0) is 122 Å². The third-order valence-electron chi connectivity index (χ3n) is 19.4. The van der Waals surface area contributed by atoms with Gasteiger partial charge in [-0.2, -0.15) is 0 Å². The number of fused-ring (bicyclic) bond motifs is 7. The number of Topliss-reactive ketones (excluding diaryl/α,β-unsaturated/α-hetero) is 1. The van der Waals surface area contributed by atoms with Crippen LogP contribution in [0, 0.1) is 67.5 Å². The highest BCUT2D eigenvalue weighted by molar-refractivity contribution is 7.09. The molecule has 0 aromatic carbocycles. The molecule has 1 heterocycles. The van der Waals surface area contributed by atoms with E-state index in [-0.39, 0.29) is 62.7 Å². The van der Waals surface area contributed by atoms with Gasteiger partial charge in [-0.15, -0.1) is 11.3 Å². The minimum atomic E-state index is -0.829. The van der Waals surface area contributed by atoms with E-state index in [4.69, 9.17) is 4.74 Å². The Morgan fingerprint density at radius 2 is 1.60 bits per heavy atom. The molecule has 5 saturated carbocycles. The Morgan fingerprint density at radius 1 is 0.914 bits per heavy atom. The van der Waals surface area contributed by atoms with Crippen LogP contribution in [0.5, 0.6) is 0 Å². The summed E-state index contributed by atoms with van der Waals surface area (Å²) in [4.78, 5) is 49.1. The van der Waals surface area contributed by atoms with Crippen LogP contribution in [-0.2, 0) is 25.7 Å². The van der Waals surface area contributed by atoms with Crippen molar-refractivity contribution in [3.05, 3.63) is 27.7 Å². The van der Waals surface area contributed by atoms with Crippen LogP contribution in [-0.4, -0.2) is 88.7 Å². The van der Waals surface area contributed by atoms with Crippen molar-refractivity contribution >= 4 is 29.1 Å². The smallest absolute Gasteiger partial charge is 0.309 e. The number of ether oxygens (including phenoxy) is 1. The SMILES string of the molecule is CC(C)C1=C2C3CC[C@@H]4[C@@]5(C)CC[C@H](OC(=O)[C@H]6C[C@@H](C(=O)O)C6(C)C)C(C)(C)[C@]5(C)CC[C@@]4(C)[C@]3(C)CCC2([C@@H](O)CN(CCN(C)C)Cc2nccs2)CC1=O. The number of ketones is 1. The normalized spacial score (nSPS) is 40.8. The number of aliphatic hydroxyl groups excluding tert-OH is 1. The van der Waals surface area contributed by atoms with Crippen molar-refractivity contribution in [2.24, 2.45) is 67.5 Å². The number of aliphatic hydroxyl groups is 1. The quantitative estimate of drug-likeness (QED) is 0.199. The van der Waals surface area contributed by atoms with Gasteiger partial charge in [0.05, 0.1) is 24.5 Å². The Balaban J connectivity index is 1.17. The lowest BCUT2D eigenvalue weighted by Gasteiger charge is -2.75. The molecule has 0 bridgehead atoms. The van der Waals surface area contributed by atoms with Crippen LogP contribution in [0.25, 0.3) is 0 Å². The van der Waals surface area contributed by atoms with Gasteiger partial charge in [0.25, 0.3) is 0 Å². The average molecular weight is 822 g/mol. The zero-order chi connectivity index (χ0) is 42.6. The Morgan fingerprint density at radius 3 is 2.21 bits per heavy atom. The maximum absolute atomic E-state index is 14.3. The summed E-state index contributed by atoms with van der Waals surface area (Å²) in [6.45, 7) is 26.0. The number of esters is 1. The van der Waals surface area contributed by atoms with Gasteiger partial charge < -0.3 is 19.8 Å². The number of carboxylic acids is 1. The fourth-order valence-electron chi connectivity index (χ4n) is 14.9. The van der Waals surface area contributed by atoms with E-state index in [1.807, 2.05) is 25.4 Å². The van der Waals surface area contributed by atoms with E-state index in [9.17, 15) is 24.6 Å². The zero-order valence-electron chi connectivity index (χ0n) is 37.9. The molecule has 6 aliphatic rings. The number of likely N-dealkylation sites (N-methyl/N-ethyl adjacent to an activating group) is 1. The molecule has 2 unspecified atom stereocenters. The van der Waals surface area contributed by atoms with Crippen molar-refractivity contribution in [1.82, 2.24) is 14.8 Å². The Bertz CT molecular complexity index is 1800. The van der Waals surface area contributed by atoms with Crippen molar-refractivity contribution in [1.29, 1.82) is 0 Å². The molecule has 1 aromatic heterocycles. The van der Waals surface area contributed by atoms with E-state index in [1.165, 1.54) is 5.57 Å². The van der Waals surface area contributed by atoms with E-state index in [1.54, 1.807) is 11.3 Å². The molecule has 6 aliphatic carbocycles. The Hall–Kier alpha value is -2.14. The van der Waals surface area contributed by atoms with Crippen LogP contribution in [0.1, 0.15) is 138 Å². The molecule has 1 aromatic rings. The number of carbonyl (C=O) groups excluding carboxylic acids is 2. The predicted octanol–water partition coefficient (Wildman–Crippen LogP) is 8.90. The van der Waals surface area contributed by atoms with Crippen LogP contribution < -0.4 is 0 Å². The van der Waals surface area contributed by atoms with Gasteiger partial charge >= 0.3 is 11.9 Å². The minimum Gasteiger partial charge on any atom is -0.481 e. The number of hydrogen-bond acceptors (Lipinski definition) is 9. The standard InChI is InChI=1S/C48H75N3O6S/c1-29(2)38-33(52)26-48(35(53)27-51(23-22-50(11)12)28-37-49-21-24-58-37)20-18-44(7)30(39(38)48)13-14-34-45(44,8)17-19-47(10)43(5,6)36(15-16-46(34,47)9)57-41(56)32-25-31(40(54)55)42(32,3)4/h21,24,29-32,34-36,53H,13-20,22-23,25-28H2,1-12H3,(H,54,55)/t30?,31-,32+,34-,35-,36-,44+,45+,46+,47-,48?/m0/s1. The first-order chi connectivity index (χ1) is 26.9. The van der Waals surface area contributed by atoms with E-state index in [2.05, 4.69) is 84.3 Å². The third kappa shape index (κ3) is 6.28. The lowest BCUT2D eigenvalue weighted by atomic mass is 9.29. The fraction of sp³-hybridized carbons (Fsp3) is 0.833. The topological polar surface area (TPSA) is 120 Å². The molecule has 2 N–H and O–H groups in total. The van der Waals surface area contributed by atoms with Gasteiger partial charge in [-0.25, -0.2) is 4.98 Å². The highest BCUT2D eigenvalue weighted by atomic mass is 32.1. The van der Waals surface area contributed by atoms with Crippen LogP contribution in [0.15, 0.2) is 22.7 Å². The maximum atomic E-state index is 14.3. The first kappa shape index (κ1) is 43.9. The van der Waals surface area contributed by atoms with Gasteiger partial charge in [-0.3, -0.25) is 19.3 Å². The van der Waals surface area contributed by atoms with Gasteiger partial charge in [0, 0.05) is 48.5 Å². The number of rotatable bonds is 12. The Labute approximate surface area is 353 Å². The second kappa shape index (κ2) is 14.8. The molecule has 0 spiro atoms. The highest BCUT2D eigenvalue weighted by Gasteiger charge is 2.74. The predicted molar refractivity (Wildman–Crippen MR) is 229 cm³/mol. The molecule has 324 valence electrons. The molecule has 58 heavy (non-hydrogen) atoms. The lowest BCUT2D eigenvalue weighted by molar-refractivity contribution is -0.273. The molecule has 0 saturated heterocycles. The molecule has 7 rings (SSSR count).